The lowest BCUT2D eigenvalue weighted by molar-refractivity contribution is -0.0427. The van der Waals surface area contributed by atoms with E-state index in [4.69, 9.17) is 14.3 Å². The fraction of sp³-hybridized carbons (Fsp3) is 0.727. The predicted molar refractivity (Wildman–Crippen MR) is 60.9 cm³/mol. The van der Waals surface area contributed by atoms with Gasteiger partial charge in [0.1, 0.15) is 6.61 Å². The number of nitrogens with zero attached hydrogens (tertiary/aromatic N) is 1. The molecule has 0 spiro atoms. The van der Waals surface area contributed by atoms with E-state index in [-0.39, 0.29) is 6.10 Å². The SMILES string of the molecule is C=COCC(COCCCCC)ON=C. The summed E-state index contributed by atoms with van der Waals surface area (Å²) in [6, 6.07) is 0. The van der Waals surface area contributed by atoms with Gasteiger partial charge in [0.25, 0.3) is 0 Å². The number of hydrogen-bond acceptors (Lipinski definition) is 4. The quantitative estimate of drug-likeness (QED) is 0.230. The molecule has 0 N–H and O–H groups in total. The third-order valence-corrected chi connectivity index (χ3v) is 1.82. The van der Waals surface area contributed by atoms with Gasteiger partial charge in [0, 0.05) is 13.3 Å². The average Bonchev–Trinajstić information content (AvgIpc) is 2.25. The molecule has 0 saturated heterocycles. The third-order valence-electron chi connectivity index (χ3n) is 1.82. The average molecular weight is 215 g/mol. The van der Waals surface area contributed by atoms with E-state index in [1.165, 1.54) is 19.1 Å². The Labute approximate surface area is 91.9 Å². The van der Waals surface area contributed by atoms with Gasteiger partial charge >= 0.3 is 0 Å². The smallest absolute Gasteiger partial charge is 0.184 e. The summed E-state index contributed by atoms with van der Waals surface area (Å²) in [6.45, 7) is 10.5. The largest absolute Gasteiger partial charge is 0.498 e. The molecule has 0 aromatic heterocycles. The maximum Gasteiger partial charge on any atom is 0.184 e. The second-order valence-corrected chi connectivity index (χ2v) is 3.14. The van der Waals surface area contributed by atoms with Crippen LogP contribution in [-0.4, -0.2) is 32.6 Å². The molecule has 0 aromatic rings. The maximum absolute atomic E-state index is 5.42. The van der Waals surface area contributed by atoms with Gasteiger partial charge in [-0.3, -0.25) is 0 Å². The molecule has 4 nitrogen and oxygen atoms in total. The molecule has 0 aliphatic carbocycles. The van der Waals surface area contributed by atoms with Crippen molar-refractivity contribution in [1.29, 1.82) is 0 Å². The molecule has 4 heteroatoms. The van der Waals surface area contributed by atoms with Gasteiger partial charge in [0.05, 0.1) is 12.9 Å². The van der Waals surface area contributed by atoms with E-state index in [1.54, 1.807) is 0 Å². The Hall–Kier alpha value is -1.03. The molecular weight excluding hydrogens is 194 g/mol. The first kappa shape index (κ1) is 14.0. The fourth-order valence-electron chi connectivity index (χ4n) is 1.06. The highest BCUT2D eigenvalue weighted by Crippen LogP contribution is 1.99. The lowest BCUT2D eigenvalue weighted by Crippen LogP contribution is -2.23. The molecular formula is C11H21NO3. The van der Waals surface area contributed by atoms with Crippen LogP contribution in [0.1, 0.15) is 26.2 Å². The molecule has 1 atom stereocenters. The van der Waals surface area contributed by atoms with Crippen LogP contribution in [0.5, 0.6) is 0 Å². The summed E-state index contributed by atoms with van der Waals surface area (Å²) in [7, 11) is 0. The van der Waals surface area contributed by atoms with Gasteiger partial charge in [-0.05, 0) is 6.42 Å². The summed E-state index contributed by atoms with van der Waals surface area (Å²) in [5.41, 5.74) is 0. The lowest BCUT2D eigenvalue weighted by atomic mass is 10.3. The van der Waals surface area contributed by atoms with Crippen LogP contribution in [0.4, 0.5) is 0 Å². The summed E-state index contributed by atoms with van der Waals surface area (Å²) in [4.78, 5) is 4.97. The molecule has 0 amide bonds. The van der Waals surface area contributed by atoms with Crippen LogP contribution in [0.2, 0.25) is 0 Å². The van der Waals surface area contributed by atoms with Crippen LogP contribution < -0.4 is 0 Å². The summed E-state index contributed by atoms with van der Waals surface area (Å²) in [5, 5.41) is 3.36. The zero-order chi connectivity index (χ0) is 11.4. The Morgan fingerprint density at radius 2 is 2.13 bits per heavy atom. The number of rotatable bonds is 11. The van der Waals surface area contributed by atoms with Crippen molar-refractivity contribution in [3.63, 3.8) is 0 Å². The predicted octanol–water partition coefficient (Wildman–Crippen LogP) is 2.35. The van der Waals surface area contributed by atoms with Crippen molar-refractivity contribution < 1.29 is 14.3 Å². The van der Waals surface area contributed by atoms with Gasteiger partial charge in [-0.1, -0.05) is 26.3 Å². The van der Waals surface area contributed by atoms with E-state index in [0.29, 0.717) is 13.2 Å². The summed E-state index contributed by atoms with van der Waals surface area (Å²) in [6.07, 6.45) is 4.62. The van der Waals surface area contributed by atoms with Crippen LogP contribution in [-0.2, 0) is 14.3 Å². The van der Waals surface area contributed by atoms with Gasteiger partial charge in [-0.25, -0.2) is 0 Å². The van der Waals surface area contributed by atoms with E-state index in [2.05, 4.69) is 25.4 Å². The molecule has 0 rings (SSSR count). The first-order valence-electron chi connectivity index (χ1n) is 5.27. The molecule has 0 aliphatic heterocycles. The second kappa shape index (κ2) is 11.0. The molecule has 15 heavy (non-hydrogen) atoms. The summed E-state index contributed by atoms with van der Waals surface area (Å²) >= 11 is 0. The molecule has 88 valence electrons. The van der Waals surface area contributed by atoms with Crippen molar-refractivity contribution in [2.45, 2.75) is 32.3 Å². The van der Waals surface area contributed by atoms with E-state index in [1.807, 2.05) is 0 Å². The summed E-state index contributed by atoms with van der Waals surface area (Å²) in [5.74, 6) is 0. The van der Waals surface area contributed by atoms with Crippen molar-refractivity contribution in [3.05, 3.63) is 12.8 Å². The van der Waals surface area contributed by atoms with Crippen molar-refractivity contribution in [2.24, 2.45) is 5.16 Å². The Morgan fingerprint density at radius 1 is 1.33 bits per heavy atom. The maximum atomic E-state index is 5.42. The minimum atomic E-state index is -0.206. The van der Waals surface area contributed by atoms with Crippen molar-refractivity contribution in [2.75, 3.05) is 19.8 Å². The highest BCUT2D eigenvalue weighted by Gasteiger charge is 2.09. The molecule has 0 saturated carbocycles. The lowest BCUT2D eigenvalue weighted by Gasteiger charge is -2.14. The zero-order valence-corrected chi connectivity index (χ0v) is 9.48. The second-order valence-electron chi connectivity index (χ2n) is 3.14. The van der Waals surface area contributed by atoms with Gasteiger partial charge in [-0.15, -0.1) is 5.16 Å². The number of unbranched alkanes of at least 4 members (excludes halogenated alkanes) is 2. The first-order valence-corrected chi connectivity index (χ1v) is 5.27. The molecule has 0 aromatic carbocycles. The Bertz CT molecular complexity index is 162. The van der Waals surface area contributed by atoms with Crippen molar-refractivity contribution in [3.8, 4) is 0 Å². The molecule has 0 radical (unpaired) electrons. The monoisotopic (exact) mass is 215 g/mol. The van der Waals surface area contributed by atoms with Gasteiger partial charge in [-0.2, -0.15) is 0 Å². The van der Waals surface area contributed by atoms with E-state index in [0.717, 1.165) is 13.0 Å². The summed E-state index contributed by atoms with van der Waals surface area (Å²) < 4.78 is 10.4. The molecule has 1 unspecified atom stereocenters. The molecule has 0 heterocycles. The first-order chi connectivity index (χ1) is 7.35. The minimum Gasteiger partial charge on any atom is -0.498 e. The van der Waals surface area contributed by atoms with E-state index in [9.17, 15) is 0 Å². The number of ether oxygens (including phenoxy) is 2. The molecule has 0 bridgehead atoms. The van der Waals surface area contributed by atoms with Gasteiger partial charge in [0.2, 0.25) is 0 Å². The van der Waals surface area contributed by atoms with Gasteiger partial charge in [0.15, 0.2) is 6.10 Å². The van der Waals surface area contributed by atoms with Crippen molar-refractivity contribution in [1.82, 2.24) is 0 Å². The standard InChI is InChI=1S/C11H21NO3/c1-4-6-7-8-14-10-11(15-12-3)9-13-5-2/h5,11H,2-4,6-10H2,1H3. The highest BCUT2D eigenvalue weighted by atomic mass is 16.7. The third kappa shape index (κ3) is 9.28. The Morgan fingerprint density at radius 3 is 2.73 bits per heavy atom. The molecule has 0 fully saturated rings. The van der Waals surface area contributed by atoms with Crippen LogP contribution >= 0.6 is 0 Å². The van der Waals surface area contributed by atoms with Gasteiger partial charge < -0.3 is 14.3 Å². The van der Waals surface area contributed by atoms with E-state index >= 15 is 0 Å². The highest BCUT2D eigenvalue weighted by molar-refractivity contribution is 5.21. The number of hydrogen-bond donors (Lipinski definition) is 0. The van der Waals surface area contributed by atoms with E-state index < -0.39 is 0 Å². The van der Waals surface area contributed by atoms with Crippen LogP contribution in [0.15, 0.2) is 18.0 Å². The number of oxime groups is 1. The minimum absolute atomic E-state index is 0.206. The Kier molecular flexibility index (Phi) is 10.3. The molecule has 0 aliphatic rings. The van der Waals surface area contributed by atoms with Crippen LogP contribution in [0.25, 0.3) is 0 Å². The fourth-order valence-corrected chi connectivity index (χ4v) is 1.06. The van der Waals surface area contributed by atoms with Crippen LogP contribution in [0, 0.1) is 0 Å². The topological polar surface area (TPSA) is 40.0 Å². The Balaban J connectivity index is 3.46. The normalized spacial score (nSPS) is 11.8. The van der Waals surface area contributed by atoms with Crippen molar-refractivity contribution >= 4 is 6.72 Å². The zero-order valence-electron chi connectivity index (χ0n) is 9.48. The van der Waals surface area contributed by atoms with Crippen LogP contribution in [0.3, 0.4) is 0 Å².